The zero-order chi connectivity index (χ0) is 23.9. The molecule has 9 heteroatoms. The molecule has 0 atom stereocenters. The van der Waals surface area contributed by atoms with Gasteiger partial charge in [0.2, 0.25) is 5.95 Å². The number of hydrogen-bond donors (Lipinski definition) is 3. The van der Waals surface area contributed by atoms with E-state index in [4.69, 9.17) is 4.74 Å². The van der Waals surface area contributed by atoms with E-state index >= 15 is 0 Å². The molecule has 34 heavy (non-hydrogen) atoms. The number of rotatable bonds is 9. The van der Waals surface area contributed by atoms with E-state index in [0.29, 0.717) is 30.4 Å². The first kappa shape index (κ1) is 22.8. The van der Waals surface area contributed by atoms with Crippen LogP contribution in [0.5, 0.6) is 5.75 Å². The third-order valence-electron chi connectivity index (χ3n) is 5.17. The lowest BCUT2D eigenvalue weighted by atomic mass is 10.2. The molecule has 2 aromatic carbocycles. The van der Waals surface area contributed by atoms with Crippen molar-refractivity contribution in [2.45, 2.75) is 13.8 Å². The number of carbonyl (C=O) groups is 1. The summed E-state index contributed by atoms with van der Waals surface area (Å²) in [6.07, 6.45) is 1.59. The standard InChI is InChI=1S/C25H27N7O2/c1-17-15-23(30-19-9-11-21(34-3)12-10-19)31-25(29-17)27-14-13-26-24(33)22-16-28-32(18(22)2)20-7-5-4-6-8-20/h4-12,15-16H,13-14H2,1-3H3,(H,26,33)(H2,27,29,30,31). The number of methoxy groups -OCH3 is 1. The molecule has 0 saturated heterocycles. The molecule has 9 nitrogen and oxygen atoms in total. The van der Waals surface area contributed by atoms with Crippen molar-refractivity contribution in [1.29, 1.82) is 0 Å². The van der Waals surface area contributed by atoms with Gasteiger partial charge in [-0.15, -0.1) is 0 Å². The van der Waals surface area contributed by atoms with E-state index in [-0.39, 0.29) is 5.91 Å². The third kappa shape index (κ3) is 5.50. The van der Waals surface area contributed by atoms with Crippen molar-refractivity contribution in [2.24, 2.45) is 0 Å². The van der Waals surface area contributed by atoms with Crippen LogP contribution < -0.4 is 20.7 Å². The molecule has 0 fully saturated rings. The van der Waals surface area contributed by atoms with Gasteiger partial charge in [0.05, 0.1) is 30.3 Å². The van der Waals surface area contributed by atoms with Crippen LogP contribution in [0.25, 0.3) is 5.69 Å². The zero-order valence-corrected chi connectivity index (χ0v) is 19.4. The maximum Gasteiger partial charge on any atom is 0.254 e. The van der Waals surface area contributed by atoms with Crippen molar-refractivity contribution in [1.82, 2.24) is 25.1 Å². The van der Waals surface area contributed by atoms with E-state index in [1.54, 1.807) is 18.0 Å². The van der Waals surface area contributed by atoms with Gasteiger partial charge in [0.1, 0.15) is 11.6 Å². The summed E-state index contributed by atoms with van der Waals surface area (Å²) in [5.41, 5.74) is 3.95. The lowest BCUT2D eigenvalue weighted by Crippen LogP contribution is -2.29. The fraction of sp³-hybridized carbons (Fsp3) is 0.200. The lowest BCUT2D eigenvalue weighted by molar-refractivity contribution is 0.0954. The summed E-state index contributed by atoms with van der Waals surface area (Å²) in [4.78, 5) is 21.6. The molecule has 0 aliphatic heterocycles. The highest BCUT2D eigenvalue weighted by molar-refractivity contribution is 5.95. The molecule has 4 aromatic rings. The molecule has 3 N–H and O–H groups in total. The Hall–Kier alpha value is -4.40. The molecule has 0 saturated carbocycles. The first-order valence-electron chi connectivity index (χ1n) is 10.9. The van der Waals surface area contributed by atoms with E-state index in [1.807, 2.05) is 74.5 Å². The zero-order valence-electron chi connectivity index (χ0n) is 19.4. The molecule has 0 bridgehead atoms. The number of amides is 1. The number of aromatic nitrogens is 4. The lowest BCUT2D eigenvalue weighted by Gasteiger charge is -2.11. The maximum absolute atomic E-state index is 12.6. The minimum absolute atomic E-state index is 0.173. The Morgan fingerprint density at radius 3 is 2.50 bits per heavy atom. The molecule has 174 valence electrons. The van der Waals surface area contributed by atoms with Crippen LogP contribution >= 0.6 is 0 Å². The van der Waals surface area contributed by atoms with Crippen LogP contribution in [0.1, 0.15) is 21.7 Å². The van der Waals surface area contributed by atoms with Crippen molar-refractivity contribution in [3.8, 4) is 11.4 Å². The van der Waals surface area contributed by atoms with E-state index in [2.05, 4.69) is 31.0 Å². The fourth-order valence-corrected chi connectivity index (χ4v) is 3.44. The summed E-state index contributed by atoms with van der Waals surface area (Å²) in [5.74, 6) is 1.77. The van der Waals surface area contributed by atoms with Crippen LogP contribution in [0, 0.1) is 13.8 Å². The van der Waals surface area contributed by atoms with Crippen LogP contribution in [0.15, 0.2) is 66.9 Å². The van der Waals surface area contributed by atoms with Crippen molar-refractivity contribution in [2.75, 3.05) is 30.8 Å². The van der Waals surface area contributed by atoms with Gasteiger partial charge in [0, 0.05) is 30.5 Å². The number of hydrogen-bond acceptors (Lipinski definition) is 7. The van der Waals surface area contributed by atoms with Crippen molar-refractivity contribution < 1.29 is 9.53 Å². The summed E-state index contributed by atoms with van der Waals surface area (Å²) in [6.45, 7) is 4.67. The van der Waals surface area contributed by atoms with Gasteiger partial charge in [-0.25, -0.2) is 9.67 Å². The number of nitrogens with one attached hydrogen (secondary N) is 3. The van der Waals surface area contributed by atoms with Crippen molar-refractivity contribution >= 4 is 23.4 Å². The predicted molar refractivity (Wildman–Crippen MR) is 132 cm³/mol. The second-order valence-corrected chi connectivity index (χ2v) is 7.65. The van der Waals surface area contributed by atoms with Crippen LogP contribution in [0.2, 0.25) is 0 Å². The van der Waals surface area contributed by atoms with Gasteiger partial charge in [0.25, 0.3) is 5.91 Å². The van der Waals surface area contributed by atoms with Gasteiger partial charge in [-0.3, -0.25) is 4.79 Å². The van der Waals surface area contributed by atoms with E-state index in [1.165, 1.54) is 0 Å². The predicted octanol–water partition coefficient (Wildman–Crippen LogP) is 3.87. The van der Waals surface area contributed by atoms with E-state index in [0.717, 1.165) is 28.5 Å². The molecule has 0 aliphatic rings. The Bertz CT molecular complexity index is 1250. The average Bonchev–Trinajstić information content (AvgIpc) is 3.24. The quantitative estimate of drug-likeness (QED) is 0.328. The molecule has 0 radical (unpaired) electrons. The molecular weight excluding hydrogens is 430 g/mol. The highest BCUT2D eigenvalue weighted by Gasteiger charge is 2.14. The Balaban J connectivity index is 1.31. The Morgan fingerprint density at radius 2 is 1.76 bits per heavy atom. The van der Waals surface area contributed by atoms with E-state index in [9.17, 15) is 4.79 Å². The minimum atomic E-state index is -0.173. The molecule has 1 amide bonds. The first-order chi connectivity index (χ1) is 16.5. The average molecular weight is 458 g/mol. The van der Waals surface area contributed by atoms with Crippen molar-refractivity contribution in [3.63, 3.8) is 0 Å². The molecule has 2 heterocycles. The summed E-state index contributed by atoms with van der Waals surface area (Å²) >= 11 is 0. The Kier molecular flexibility index (Phi) is 7.02. The molecule has 0 unspecified atom stereocenters. The summed E-state index contributed by atoms with van der Waals surface area (Å²) in [7, 11) is 1.63. The van der Waals surface area contributed by atoms with Gasteiger partial charge in [-0.1, -0.05) is 18.2 Å². The smallest absolute Gasteiger partial charge is 0.254 e. The Morgan fingerprint density at radius 1 is 1.00 bits per heavy atom. The van der Waals surface area contributed by atoms with Gasteiger partial charge < -0.3 is 20.7 Å². The second-order valence-electron chi connectivity index (χ2n) is 7.65. The maximum atomic E-state index is 12.6. The Labute approximate surface area is 198 Å². The monoisotopic (exact) mass is 457 g/mol. The number of para-hydroxylation sites is 1. The topological polar surface area (TPSA) is 106 Å². The van der Waals surface area contributed by atoms with Gasteiger partial charge in [-0.2, -0.15) is 10.1 Å². The van der Waals surface area contributed by atoms with E-state index < -0.39 is 0 Å². The second kappa shape index (κ2) is 10.5. The normalized spacial score (nSPS) is 10.6. The highest BCUT2D eigenvalue weighted by Crippen LogP contribution is 2.20. The van der Waals surface area contributed by atoms with Crippen LogP contribution in [0.4, 0.5) is 17.5 Å². The fourth-order valence-electron chi connectivity index (χ4n) is 3.44. The third-order valence-corrected chi connectivity index (χ3v) is 5.17. The molecule has 0 spiro atoms. The highest BCUT2D eigenvalue weighted by atomic mass is 16.5. The van der Waals surface area contributed by atoms with Crippen LogP contribution in [0.3, 0.4) is 0 Å². The van der Waals surface area contributed by atoms with Gasteiger partial charge >= 0.3 is 0 Å². The number of benzene rings is 2. The number of ether oxygens (including phenoxy) is 1. The molecular formula is C25H27N7O2. The largest absolute Gasteiger partial charge is 0.497 e. The number of aryl methyl sites for hydroxylation is 1. The van der Waals surface area contributed by atoms with Crippen LogP contribution in [-0.4, -0.2) is 45.9 Å². The number of carbonyl (C=O) groups excluding carboxylic acids is 1. The molecule has 2 aromatic heterocycles. The summed E-state index contributed by atoms with van der Waals surface area (Å²) < 4.78 is 6.94. The van der Waals surface area contributed by atoms with Crippen LogP contribution in [-0.2, 0) is 0 Å². The number of anilines is 3. The minimum Gasteiger partial charge on any atom is -0.497 e. The summed E-state index contributed by atoms with van der Waals surface area (Å²) in [5, 5.41) is 13.7. The number of nitrogens with zero attached hydrogens (tertiary/aromatic N) is 4. The summed E-state index contributed by atoms with van der Waals surface area (Å²) in [6, 6.07) is 19.2. The SMILES string of the molecule is COc1ccc(Nc2cc(C)nc(NCCNC(=O)c3cnn(-c4ccccc4)c3C)n2)cc1. The molecule has 0 aliphatic carbocycles. The first-order valence-corrected chi connectivity index (χ1v) is 10.9. The molecule has 4 rings (SSSR count). The van der Waals surface area contributed by atoms with Crippen molar-refractivity contribution in [3.05, 3.63) is 83.8 Å². The van der Waals surface area contributed by atoms with Gasteiger partial charge in [0.15, 0.2) is 0 Å². The van der Waals surface area contributed by atoms with Gasteiger partial charge in [-0.05, 0) is 50.2 Å².